The molecule has 0 radical (unpaired) electrons. The molecule has 0 aliphatic carbocycles. The van der Waals surface area contributed by atoms with E-state index < -0.39 is 11.6 Å². The first-order valence-corrected chi connectivity index (χ1v) is 15.5. The average Bonchev–Trinajstić information content (AvgIpc) is 2.98. The summed E-state index contributed by atoms with van der Waals surface area (Å²) in [6, 6.07) is 9.19. The van der Waals surface area contributed by atoms with Gasteiger partial charge in [-0.25, -0.2) is 19.7 Å². The molecular formula is C33H46N8O3. The number of amides is 1. The van der Waals surface area contributed by atoms with E-state index in [2.05, 4.69) is 47.9 Å². The molecule has 0 saturated carbocycles. The molecule has 0 bridgehead atoms. The van der Waals surface area contributed by atoms with E-state index in [0.29, 0.717) is 31.3 Å². The van der Waals surface area contributed by atoms with Crippen molar-refractivity contribution in [3.8, 4) is 11.4 Å². The van der Waals surface area contributed by atoms with Crippen molar-refractivity contribution in [3.05, 3.63) is 59.7 Å². The van der Waals surface area contributed by atoms with Gasteiger partial charge in [-0.05, 0) is 96.5 Å². The highest BCUT2D eigenvalue weighted by molar-refractivity contribution is 5.79. The van der Waals surface area contributed by atoms with E-state index in [1.807, 2.05) is 45.9 Å². The first-order chi connectivity index (χ1) is 21.1. The number of pyridine rings is 2. The van der Waals surface area contributed by atoms with Crippen LogP contribution in [0, 0.1) is 6.92 Å². The number of carbonyl (C=O) groups is 2. The highest BCUT2D eigenvalue weighted by atomic mass is 16.6. The largest absolute Gasteiger partial charge is 0.458 e. The van der Waals surface area contributed by atoms with Crippen molar-refractivity contribution < 1.29 is 14.3 Å². The predicted molar refractivity (Wildman–Crippen MR) is 172 cm³/mol. The summed E-state index contributed by atoms with van der Waals surface area (Å²) in [5, 5.41) is 9.64. The molecule has 11 nitrogen and oxygen atoms in total. The van der Waals surface area contributed by atoms with E-state index in [0.717, 1.165) is 68.0 Å². The third-order valence-corrected chi connectivity index (χ3v) is 7.20. The zero-order valence-electron chi connectivity index (χ0n) is 26.7. The molecule has 0 fully saturated rings. The fraction of sp³-hybridized carbons (Fsp3) is 0.515. The van der Waals surface area contributed by atoms with Crippen molar-refractivity contribution >= 4 is 23.5 Å². The van der Waals surface area contributed by atoms with Crippen LogP contribution in [0.15, 0.2) is 42.7 Å². The van der Waals surface area contributed by atoms with Crippen LogP contribution in [-0.2, 0) is 27.2 Å². The lowest BCUT2D eigenvalue weighted by Gasteiger charge is -2.28. The molecule has 3 N–H and O–H groups in total. The van der Waals surface area contributed by atoms with Crippen molar-refractivity contribution in [2.45, 2.75) is 84.8 Å². The van der Waals surface area contributed by atoms with E-state index in [-0.39, 0.29) is 11.9 Å². The molecule has 1 aliphatic heterocycles. The zero-order chi connectivity index (χ0) is 31.5. The predicted octanol–water partition coefficient (Wildman–Crippen LogP) is 4.53. The number of unbranched alkanes of at least 4 members (excludes halogenated alkanes) is 1. The topological polar surface area (TPSA) is 134 Å². The second-order valence-electron chi connectivity index (χ2n) is 12.3. The Morgan fingerprint density at radius 2 is 1.86 bits per heavy atom. The minimum absolute atomic E-state index is 0.0947. The van der Waals surface area contributed by atoms with E-state index in [4.69, 9.17) is 9.72 Å². The van der Waals surface area contributed by atoms with Crippen molar-refractivity contribution in [1.82, 2.24) is 30.2 Å². The van der Waals surface area contributed by atoms with E-state index in [9.17, 15) is 9.59 Å². The number of aryl methyl sites for hydroxylation is 3. The SMILES string of the molecule is CC(=O)NCN(CCCCc1ccc2c(n1)NCCC2)CCC(Nc1cc(C)nc(-c2ccncc2)n1)C(=O)OC(C)(C)C. The quantitative estimate of drug-likeness (QED) is 0.137. The van der Waals surface area contributed by atoms with E-state index in [1.165, 1.54) is 12.5 Å². The Balaban J connectivity index is 1.41. The van der Waals surface area contributed by atoms with E-state index >= 15 is 0 Å². The lowest BCUT2D eigenvalue weighted by Crippen LogP contribution is -2.42. The number of hydrogen-bond acceptors (Lipinski definition) is 10. The molecule has 1 amide bonds. The Morgan fingerprint density at radius 1 is 1.07 bits per heavy atom. The average molecular weight is 603 g/mol. The van der Waals surface area contributed by atoms with Gasteiger partial charge in [-0.1, -0.05) is 6.07 Å². The van der Waals surface area contributed by atoms with Gasteiger partial charge in [0.1, 0.15) is 23.3 Å². The molecule has 236 valence electrons. The van der Waals surface area contributed by atoms with Crippen LogP contribution in [-0.4, -0.2) is 74.7 Å². The number of nitrogens with zero attached hydrogens (tertiary/aromatic N) is 5. The first kappa shape index (κ1) is 32.8. The zero-order valence-corrected chi connectivity index (χ0v) is 26.7. The standard InChI is InChI=1S/C33H46N8O3/c1-23-21-29(40-31(37-23)26-13-17-34-18-14-26)39-28(32(43)44-33(3,4)5)15-20-41(22-36-24(2)42)19-7-6-10-27-12-11-25-9-8-16-35-30(25)38-27/h11-14,17-18,21,28H,6-10,15-16,19-20,22H2,1-5H3,(H,35,38)(H,36,42)(H,37,39,40). The number of nitrogens with one attached hydrogen (secondary N) is 3. The smallest absolute Gasteiger partial charge is 0.329 e. The van der Waals surface area contributed by atoms with Gasteiger partial charge in [0, 0.05) is 55.4 Å². The first-order valence-electron chi connectivity index (χ1n) is 15.5. The summed E-state index contributed by atoms with van der Waals surface area (Å²) in [5.41, 5.74) is 3.35. The summed E-state index contributed by atoms with van der Waals surface area (Å²) in [6.45, 7) is 11.7. The van der Waals surface area contributed by atoms with Crippen molar-refractivity contribution in [1.29, 1.82) is 0 Å². The van der Waals surface area contributed by atoms with Gasteiger partial charge in [0.25, 0.3) is 0 Å². The molecule has 4 rings (SSSR count). The van der Waals surface area contributed by atoms with Crippen LogP contribution in [0.2, 0.25) is 0 Å². The molecule has 0 aromatic carbocycles. The third-order valence-electron chi connectivity index (χ3n) is 7.20. The molecule has 3 aromatic heterocycles. The Kier molecular flexibility index (Phi) is 11.6. The van der Waals surface area contributed by atoms with Gasteiger partial charge in [0.2, 0.25) is 5.91 Å². The Morgan fingerprint density at radius 3 is 2.61 bits per heavy atom. The number of anilines is 2. The van der Waals surface area contributed by atoms with Gasteiger partial charge in [-0.3, -0.25) is 14.7 Å². The van der Waals surface area contributed by atoms with Crippen LogP contribution < -0.4 is 16.0 Å². The monoisotopic (exact) mass is 602 g/mol. The molecule has 3 aromatic rings. The van der Waals surface area contributed by atoms with Gasteiger partial charge in [-0.15, -0.1) is 0 Å². The molecule has 0 spiro atoms. The van der Waals surface area contributed by atoms with Crippen LogP contribution in [0.25, 0.3) is 11.4 Å². The molecule has 1 atom stereocenters. The summed E-state index contributed by atoms with van der Waals surface area (Å²) in [5.74, 6) is 1.66. The molecular weight excluding hydrogens is 556 g/mol. The van der Waals surface area contributed by atoms with Crippen molar-refractivity contribution in [3.63, 3.8) is 0 Å². The van der Waals surface area contributed by atoms with Crippen LogP contribution in [0.5, 0.6) is 0 Å². The number of fused-ring (bicyclic) bond motifs is 1. The fourth-order valence-corrected chi connectivity index (χ4v) is 5.03. The molecule has 0 saturated heterocycles. The lowest BCUT2D eigenvalue weighted by atomic mass is 10.1. The fourth-order valence-electron chi connectivity index (χ4n) is 5.03. The second kappa shape index (κ2) is 15.6. The van der Waals surface area contributed by atoms with Crippen LogP contribution in [0.4, 0.5) is 11.6 Å². The molecule has 11 heteroatoms. The summed E-state index contributed by atoms with van der Waals surface area (Å²) in [4.78, 5) is 45.4. The van der Waals surface area contributed by atoms with Gasteiger partial charge in [-0.2, -0.15) is 0 Å². The second-order valence-corrected chi connectivity index (χ2v) is 12.3. The van der Waals surface area contributed by atoms with Gasteiger partial charge in [0.15, 0.2) is 5.82 Å². The molecule has 1 unspecified atom stereocenters. The Hall–Kier alpha value is -4.12. The maximum Gasteiger partial charge on any atom is 0.329 e. The number of ether oxygens (including phenoxy) is 1. The number of rotatable bonds is 14. The van der Waals surface area contributed by atoms with Crippen LogP contribution in [0.3, 0.4) is 0 Å². The maximum absolute atomic E-state index is 13.4. The number of aromatic nitrogens is 4. The van der Waals surface area contributed by atoms with E-state index in [1.54, 1.807) is 12.4 Å². The minimum atomic E-state index is -0.652. The Bertz CT molecular complexity index is 1390. The van der Waals surface area contributed by atoms with Crippen LogP contribution >= 0.6 is 0 Å². The lowest BCUT2D eigenvalue weighted by molar-refractivity contribution is -0.156. The summed E-state index contributed by atoms with van der Waals surface area (Å²) in [7, 11) is 0. The number of esters is 1. The highest BCUT2D eigenvalue weighted by Crippen LogP contribution is 2.21. The van der Waals surface area contributed by atoms with Crippen molar-refractivity contribution in [2.24, 2.45) is 0 Å². The summed E-state index contributed by atoms with van der Waals surface area (Å²) < 4.78 is 5.78. The minimum Gasteiger partial charge on any atom is -0.458 e. The molecule has 4 heterocycles. The molecule has 1 aliphatic rings. The summed E-state index contributed by atoms with van der Waals surface area (Å²) >= 11 is 0. The number of carbonyl (C=O) groups excluding carboxylic acids is 2. The normalized spacial score (nSPS) is 13.5. The molecule has 44 heavy (non-hydrogen) atoms. The highest BCUT2D eigenvalue weighted by Gasteiger charge is 2.26. The van der Waals surface area contributed by atoms with Gasteiger partial charge < -0.3 is 20.7 Å². The van der Waals surface area contributed by atoms with Crippen LogP contribution in [0.1, 0.15) is 70.3 Å². The van der Waals surface area contributed by atoms with Gasteiger partial charge in [0.05, 0.1) is 6.67 Å². The Labute approximate surface area is 260 Å². The third kappa shape index (κ3) is 10.6. The maximum atomic E-state index is 13.4. The van der Waals surface area contributed by atoms with Gasteiger partial charge >= 0.3 is 5.97 Å². The van der Waals surface area contributed by atoms with Crippen molar-refractivity contribution in [2.75, 3.05) is 36.9 Å². The summed E-state index contributed by atoms with van der Waals surface area (Å²) in [6.07, 6.45) is 8.86. The number of hydrogen-bond donors (Lipinski definition) is 3.